The van der Waals surface area contributed by atoms with Crippen molar-refractivity contribution in [3.63, 3.8) is 0 Å². The van der Waals surface area contributed by atoms with Crippen LogP contribution in [-0.2, 0) is 9.59 Å². The predicted molar refractivity (Wildman–Crippen MR) is 66.8 cm³/mol. The normalized spacial score (nSPS) is 22.9. The van der Waals surface area contributed by atoms with Crippen LogP contribution >= 0.6 is 0 Å². The number of carbonyl (C=O) groups excluding carboxylic acids is 1. The van der Waals surface area contributed by atoms with E-state index in [9.17, 15) is 14.4 Å². The standard InChI is InChI=1S/C12H20N2O5/c1-8-3-4-14(9(2)5-8)12(19)13(6-10(15)16)7-11(17)18/h8-9H,3-7H2,1-2H3,(H,15,16)(H,17,18). The molecule has 1 aliphatic rings. The minimum atomic E-state index is -1.22. The average Bonchev–Trinajstić information content (AvgIpc) is 2.26. The summed E-state index contributed by atoms with van der Waals surface area (Å²) in [6, 6.07) is -0.509. The van der Waals surface area contributed by atoms with Gasteiger partial charge in [-0.2, -0.15) is 0 Å². The van der Waals surface area contributed by atoms with Gasteiger partial charge in [-0.1, -0.05) is 6.92 Å². The molecule has 1 saturated heterocycles. The Morgan fingerprint density at radius 3 is 2.11 bits per heavy atom. The number of piperidine rings is 1. The van der Waals surface area contributed by atoms with Gasteiger partial charge >= 0.3 is 18.0 Å². The molecule has 0 bridgehead atoms. The minimum Gasteiger partial charge on any atom is -0.480 e. The molecule has 0 saturated carbocycles. The number of amides is 2. The number of hydrogen-bond donors (Lipinski definition) is 2. The number of aliphatic carboxylic acids is 2. The van der Waals surface area contributed by atoms with Crippen molar-refractivity contribution in [2.24, 2.45) is 5.92 Å². The first kappa shape index (κ1) is 15.3. The molecule has 7 nitrogen and oxygen atoms in total. The SMILES string of the molecule is CC1CCN(C(=O)N(CC(=O)O)CC(=O)O)C(C)C1. The maximum Gasteiger partial charge on any atom is 0.323 e. The maximum atomic E-state index is 12.2. The third-order valence-corrected chi connectivity index (χ3v) is 3.31. The van der Waals surface area contributed by atoms with E-state index in [-0.39, 0.29) is 6.04 Å². The van der Waals surface area contributed by atoms with Crippen LogP contribution in [0.5, 0.6) is 0 Å². The highest BCUT2D eigenvalue weighted by atomic mass is 16.4. The van der Waals surface area contributed by atoms with E-state index in [0.29, 0.717) is 12.5 Å². The second kappa shape index (κ2) is 6.40. The lowest BCUT2D eigenvalue weighted by Crippen LogP contribution is -2.52. The fourth-order valence-corrected chi connectivity index (χ4v) is 2.39. The van der Waals surface area contributed by atoms with Gasteiger partial charge in [-0.25, -0.2) is 4.79 Å². The fraction of sp³-hybridized carbons (Fsp3) is 0.750. The van der Waals surface area contributed by atoms with Crippen LogP contribution in [0.1, 0.15) is 26.7 Å². The molecule has 1 rings (SSSR count). The average molecular weight is 272 g/mol. The Hall–Kier alpha value is -1.79. The van der Waals surface area contributed by atoms with Crippen molar-refractivity contribution >= 4 is 18.0 Å². The van der Waals surface area contributed by atoms with Crippen LogP contribution in [-0.4, -0.2) is 63.7 Å². The van der Waals surface area contributed by atoms with E-state index in [1.54, 1.807) is 4.90 Å². The Morgan fingerprint density at radius 2 is 1.68 bits per heavy atom. The zero-order chi connectivity index (χ0) is 14.6. The number of hydrogen-bond acceptors (Lipinski definition) is 3. The summed E-state index contributed by atoms with van der Waals surface area (Å²) in [5.74, 6) is -1.91. The van der Waals surface area contributed by atoms with Gasteiger partial charge in [-0.05, 0) is 25.7 Å². The molecule has 2 unspecified atom stereocenters. The molecule has 0 radical (unpaired) electrons. The first-order chi connectivity index (χ1) is 8.81. The summed E-state index contributed by atoms with van der Waals surface area (Å²) in [5, 5.41) is 17.5. The summed E-state index contributed by atoms with van der Waals surface area (Å²) in [7, 11) is 0. The summed E-state index contributed by atoms with van der Waals surface area (Å²) < 4.78 is 0. The van der Waals surface area contributed by atoms with Crippen LogP contribution in [0.25, 0.3) is 0 Å². The van der Waals surface area contributed by atoms with Crippen molar-refractivity contribution in [1.29, 1.82) is 0 Å². The van der Waals surface area contributed by atoms with Gasteiger partial charge in [-0.3, -0.25) is 9.59 Å². The van der Waals surface area contributed by atoms with Gasteiger partial charge in [0.05, 0.1) is 0 Å². The third kappa shape index (κ3) is 4.42. The van der Waals surface area contributed by atoms with Gasteiger partial charge in [0.2, 0.25) is 0 Å². The van der Waals surface area contributed by atoms with Gasteiger partial charge in [0.15, 0.2) is 0 Å². The summed E-state index contributed by atoms with van der Waals surface area (Å²) >= 11 is 0. The second-order valence-corrected chi connectivity index (χ2v) is 5.10. The van der Waals surface area contributed by atoms with Crippen molar-refractivity contribution in [3.05, 3.63) is 0 Å². The smallest absolute Gasteiger partial charge is 0.323 e. The van der Waals surface area contributed by atoms with Crippen molar-refractivity contribution in [1.82, 2.24) is 9.80 Å². The van der Waals surface area contributed by atoms with E-state index in [4.69, 9.17) is 10.2 Å². The Bertz CT molecular complexity index is 355. The Kier molecular flexibility index (Phi) is 5.14. The maximum absolute atomic E-state index is 12.2. The second-order valence-electron chi connectivity index (χ2n) is 5.10. The molecular formula is C12H20N2O5. The van der Waals surface area contributed by atoms with E-state index in [2.05, 4.69) is 6.92 Å². The van der Waals surface area contributed by atoms with E-state index < -0.39 is 31.1 Å². The highest BCUT2D eigenvalue weighted by Crippen LogP contribution is 2.23. The molecule has 19 heavy (non-hydrogen) atoms. The van der Waals surface area contributed by atoms with E-state index in [0.717, 1.165) is 17.7 Å². The van der Waals surface area contributed by atoms with Crippen molar-refractivity contribution in [2.45, 2.75) is 32.7 Å². The first-order valence-corrected chi connectivity index (χ1v) is 6.30. The van der Waals surface area contributed by atoms with Crippen LogP contribution in [0.4, 0.5) is 4.79 Å². The molecule has 1 heterocycles. The molecule has 1 aliphatic heterocycles. The molecule has 108 valence electrons. The van der Waals surface area contributed by atoms with Gasteiger partial charge in [-0.15, -0.1) is 0 Å². The third-order valence-electron chi connectivity index (χ3n) is 3.31. The highest BCUT2D eigenvalue weighted by molar-refractivity contribution is 5.84. The first-order valence-electron chi connectivity index (χ1n) is 6.30. The molecule has 0 aromatic heterocycles. The zero-order valence-electron chi connectivity index (χ0n) is 11.2. The lowest BCUT2D eigenvalue weighted by Gasteiger charge is -2.38. The van der Waals surface area contributed by atoms with Crippen LogP contribution in [0, 0.1) is 5.92 Å². The van der Waals surface area contributed by atoms with Crippen molar-refractivity contribution in [2.75, 3.05) is 19.6 Å². The molecule has 0 aromatic carbocycles. The number of carboxylic acids is 2. The van der Waals surface area contributed by atoms with Gasteiger partial charge in [0, 0.05) is 12.6 Å². The molecule has 0 aromatic rings. The zero-order valence-corrected chi connectivity index (χ0v) is 11.2. The molecule has 1 fully saturated rings. The Morgan fingerprint density at radius 1 is 1.16 bits per heavy atom. The van der Waals surface area contributed by atoms with Crippen LogP contribution < -0.4 is 0 Å². The van der Waals surface area contributed by atoms with Crippen LogP contribution in [0.2, 0.25) is 0 Å². The van der Waals surface area contributed by atoms with Crippen molar-refractivity contribution in [3.8, 4) is 0 Å². The number of carboxylic acid groups (broad SMARTS) is 2. The summed E-state index contributed by atoms with van der Waals surface area (Å²) in [4.78, 5) is 36.0. The summed E-state index contributed by atoms with van der Waals surface area (Å²) in [6.07, 6.45) is 1.70. The van der Waals surface area contributed by atoms with Crippen LogP contribution in [0.3, 0.4) is 0 Å². The topological polar surface area (TPSA) is 98.2 Å². The lowest BCUT2D eigenvalue weighted by molar-refractivity contribution is -0.140. The summed E-state index contributed by atoms with van der Waals surface area (Å²) in [6.45, 7) is 3.35. The Balaban J connectivity index is 2.74. The number of likely N-dealkylation sites (tertiary alicyclic amines) is 1. The molecular weight excluding hydrogens is 252 g/mol. The summed E-state index contributed by atoms with van der Waals surface area (Å²) in [5.41, 5.74) is 0. The number of rotatable bonds is 4. The molecule has 2 atom stereocenters. The monoisotopic (exact) mass is 272 g/mol. The number of urea groups is 1. The molecule has 7 heteroatoms. The number of carbonyl (C=O) groups is 3. The van der Waals surface area contributed by atoms with Gasteiger partial charge < -0.3 is 20.0 Å². The molecule has 2 N–H and O–H groups in total. The lowest BCUT2D eigenvalue weighted by atomic mass is 9.94. The van der Waals surface area contributed by atoms with Crippen LogP contribution in [0.15, 0.2) is 0 Å². The Labute approximate surface area is 111 Å². The quantitative estimate of drug-likeness (QED) is 0.785. The minimum absolute atomic E-state index is 0.00124. The van der Waals surface area contributed by atoms with Gasteiger partial charge in [0.1, 0.15) is 13.1 Å². The fourth-order valence-electron chi connectivity index (χ4n) is 2.39. The van der Waals surface area contributed by atoms with E-state index in [1.807, 2.05) is 6.92 Å². The van der Waals surface area contributed by atoms with E-state index >= 15 is 0 Å². The highest BCUT2D eigenvalue weighted by Gasteiger charge is 2.31. The molecule has 2 amide bonds. The van der Waals surface area contributed by atoms with E-state index in [1.165, 1.54) is 0 Å². The van der Waals surface area contributed by atoms with Crippen molar-refractivity contribution < 1.29 is 24.6 Å². The van der Waals surface area contributed by atoms with Gasteiger partial charge in [0.25, 0.3) is 0 Å². The molecule has 0 spiro atoms. The number of nitrogens with zero attached hydrogens (tertiary/aromatic N) is 2. The predicted octanol–water partition coefficient (Wildman–Crippen LogP) is 0.698. The largest absolute Gasteiger partial charge is 0.480 e. The molecule has 0 aliphatic carbocycles.